The van der Waals surface area contributed by atoms with E-state index in [9.17, 15) is 24.9 Å². The van der Waals surface area contributed by atoms with Gasteiger partial charge >= 0.3 is 11.6 Å². The number of aliphatic carboxylic acids is 1. The lowest BCUT2D eigenvalue weighted by molar-refractivity contribution is -0.271. The van der Waals surface area contributed by atoms with Crippen molar-refractivity contribution in [3.05, 3.63) is 40.2 Å². The molecule has 1 aliphatic carbocycles. The molecular formula is C22H29NO9. The minimum Gasteiger partial charge on any atom is -0.479 e. The first-order chi connectivity index (χ1) is 15.2. The summed E-state index contributed by atoms with van der Waals surface area (Å²) in [6.07, 6.45) is -1.87. The van der Waals surface area contributed by atoms with Gasteiger partial charge in [0, 0.05) is 23.6 Å². The van der Waals surface area contributed by atoms with Crippen LogP contribution in [0.5, 0.6) is 5.75 Å². The number of carboxylic acid groups (broad SMARTS) is 1. The van der Waals surface area contributed by atoms with E-state index in [-0.39, 0.29) is 11.3 Å². The maximum Gasteiger partial charge on any atom is 0.336 e. The summed E-state index contributed by atoms with van der Waals surface area (Å²) in [6, 6.07) is 6.39. The number of hydrogen-bond donors (Lipinski definition) is 5. The van der Waals surface area contributed by atoms with Gasteiger partial charge in [0.05, 0.1) is 0 Å². The molecular weight excluding hydrogens is 422 g/mol. The number of aliphatic hydroxyl groups is 3. The van der Waals surface area contributed by atoms with Gasteiger partial charge in [0.25, 0.3) is 0 Å². The Morgan fingerprint density at radius 2 is 1.75 bits per heavy atom. The van der Waals surface area contributed by atoms with Gasteiger partial charge in [-0.05, 0) is 37.5 Å². The van der Waals surface area contributed by atoms with Crippen LogP contribution in [0.15, 0.2) is 33.5 Å². The van der Waals surface area contributed by atoms with Gasteiger partial charge < -0.3 is 40.1 Å². The van der Waals surface area contributed by atoms with Crippen LogP contribution in [0.1, 0.15) is 37.7 Å². The summed E-state index contributed by atoms with van der Waals surface area (Å²) < 4.78 is 15.5. The van der Waals surface area contributed by atoms with Gasteiger partial charge in [-0.15, -0.1) is 0 Å². The third kappa shape index (κ3) is 5.64. The second-order valence-electron chi connectivity index (χ2n) is 8.16. The molecule has 4 rings (SSSR count). The van der Waals surface area contributed by atoms with E-state index in [0.29, 0.717) is 17.0 Å². The molecule has 5 atom stereocenters. The molecule has 32 heavy (non-hydrogen) atoms. The van der Waals surface area contributed by atoms with Crippen molar-refractivity contribution in [2.24, 2.45) is 5.73 Å². The number of aryl methyl sites for hydroxylation is 1. The lowest BCUT2D eigenvalue weighted by Gasteiger charge is -2.38. The SMILES string of the molecule is Cc1cc(=O)oc2cc(O[C@@H]3O[C@@H](C(=O)O)[C@@H](O)[C@H](O)[C@H]3O)ccc12.NC1CCCCC1. The van der Waals surface area contributed by atoms with Gasteiger partial charge in [-0.2, -0.15) is 0 Å². The van der Waals surface area contributed by atoms with Crippen molar-refractivity contribution in [1.29, 1.82) is 0 Å². The molecule has 0 bridgehead atoms. The Labute approximate surface area is 184 Å². The summed E-state index contributed by atoms with van der Waals surface area (Å²) >= 11 is 0. The standard InChI is InChI=1S/C16H16O9.C6H13N/c1-6-4-10(17)24-9-5-7(2-3-8(6)9)23-16-13(20)11(18)12(19)14(25-16)15(21)22;7-6-4-2-1-3-5-6/h2-5,11-14,16,18-20H,1H3,(H,21,22);6H,1-5,7H2/t11-,12-,13+,14+,16+;/m0./s1. The quantitative estimate of drug-likeness (QED) is 0.417. The summed E-state index contributed by atoms with van der Waals surface area (Å²) in [6.45, 7) is 1.74. The van der Waals surface area contributed by atoms with Crippen LogP contribution in [-0.4, -0.2) is 63.1 Å². The van der Waals surface area contributed by atoms with E-state index < -0.39 is 42.3 Å². The van der Waals surface area contributed by atoms with Crippen molar-refractivity contribution < 1.29 is 39.1 Å². The van der Waals surface area contributed by atoms with Crippen LogP contribution >= 0.6 is 0 Å². The van der Waals surface area contributed by atoms with Gasteiger partial charge in [0.1, 0.15) is 29.6 Å². The van der Waals surface area contributed by atoms with Crippen molar-refractivity contribution in [3.63, 3.8) is 0 Å². The summed E-state index contributed by atoms with van der Waals surface area (Å²) in [5.74, 6) is -1.38. The van der Waals surface area contributed by atoms with Crippen LogP contribution in [-0.2, 0) is 9.53 Å². The Morgan fingerprint density at radius 3 is 2.34 bits per heavy atom. The lowest BCUT2D eigenvalue weighted by Crippen LogP contribution is -2.61. The van der Waals surface area contributed by atoms with E-state index in [1.807, 2.05) is 0 Å². The van der Waals surface area contributed by atoms with Gasteiger partial charge in [0.2, 0.25) is 6.29 Å². The second-order valence-corrected chi connectivity index (χ2v) is 8.16. The molecule has 1 saturated carbocycles. The fourth-order valence-corrected chi connectivity index (χ4v) is 3.80. The van der Waals surface area contributed by atoms with E-state index in [2.05, 4.69) is 0 Å². The highest BCUT2D eigenvalue weighted by molar-refractivity contribution is 5.81. The predicted molar refractivity (Wildman–Crippen MR) is 113 cm³/mol. The van der Waals surface area contributed by atoms with Gasteiger partial charge in [-0.25, -0.2) is 9.59 Å². The van der Waals surface area contributed by atoms with E-state index in [4.69, 9.17) is 24.7 Å². The van der Waals surface area contributed by atoms with Crippen LogP contribution in [0.3, 0.4) is 0 Å². The number of carbonyl (C=O) groups is 1. The largest absolute Gasteiger partial charge is 0.479 e. The fourth-order valence-electron chi connectivity index (χ4n) is 3.80. The minimum atomic E-state index is -1.80. The Kier molecular flexibility index (Phi) is 7.86. The molecule has 0 spiro atoms. The molecule has 2 aliphatic rings. The number of rotatable bonds is 3. The number of ether oxygens (including phenoxy) is 2. The third-order valence-corrected chi connectivity index (χ3v) is 5.64. The van der Waals surface area contributed by atoms with E-state index in [0.717, 1.165) is 0 Å². The van der Waals surface area contributed by atoms with Crippen LogP contribution in [0.2, 0.25) is 0 Å². The van der Waals surface area contributed by atoms with Gasteiger partial charge in [-0.3, -0.25) is 0 Å². The van der Waals surface area contributed by atoms with E-state index in [1.165, 1.54) is 50.3 Å². The molecule has 10 nitrogen and oxygen atoms in total. The zero-order chi connectivity index (χ0) is 23.4. The van der Waals surface area contributed by atoms with Crippen LogP contribution in [0.25, 0.3) is 11.0 Å². The number of nitrogens with two attached hydrogens (primary N) is 1. The first-order valence-electron chi connectivity index (χ1n) is 10.6. The second kappa shape index (κ2) is 10.4. The summed E-state index contributed by atoms with van der Waals surface area (Å²) in [4.78, 5) is 22.5. The molecule has 0 unspecified atom stereocenters. The number of benzene rings is 1. The van der Waals surface area contributed by atoms with Crippen molar-refractivity contribution in [2.75, 3.05) is 0 Å². The molecule has 1 aromatic carbocycles. The Hall–Kier alpha value is -2.50. The van der Waals surface area contributed by atoms with Crippen LogP contribution in [0, 0.1) is 6.92 Å². The molecule has 2 fully saturated rings. The average molecular weight is 451 g/mol. The summed E-state index contributed by atoms with van der Waals surface area (Å²) in [5.41, 5.74) is 6.04. The molecule has 0 radical (unpaired) electrons. The zero-order valence-electron chi connectivity index (χ0n) is 17.7. The first kappa shape index (κ1) is 24.1. The van der Waals surface area contributed by atoms with Crippen LogP contribution < -0.4 is 16.1 Å². The predicted octanol–water partition coefficient (Wildman–Crippen LogP) is 0.650. The molecule has 6 N–H and O–H groups in total. The van der Waals surface area contributed by atoms with Crippen LogP contribution in [0.4, 0.5) is 0 Å². The smallest absolute Gasteiger partial charge is 0.336 e. The number of fused-ring (bicyclic) bond motifs is 1. The average Bonchev–Trinajstić information content (AvgIpc) is 2.74. The summed E-state index contributed by atoms with van der Waals surface area (Å²) in [5, 5.41) is 39.1. The Morgan fingerprint density at radius 1 is 1.06 bits per heavy atom. The Bertz CT molecular complexity index is 985. The molecule has 2 aromatic rings. The molecule has 176 valence electrons. The highest BCUT2D eigenvalue weighted by atomic mass is 16.7. The fraction of sp³-hybridized carbons (Fsp3) is 0.545. The van der Waals surface area contributed by atoms with E-state index >= 15 is 0 Å². The molecule has 2 heterocycles. The van der Waals surface area contributed by atoms with Crippen molar-refractivity contribution in [1.82, 2.24) is 0 Å². The van der Waals surface area contributed by atoms with Gasteiger partial charge in [-0.1, -0.05) is 19.3 Å². The highest BCUT2D eigenvalue weighted by Gasteiger charge is 2.48. The number of hydrogen-bond acceptors (Lipinski definition) is 9. The molecule has 10 heteroatoms. The normalized spacial score (nSPS) is 28.6. The maximum atomic E-state index is 11.5. The van der Waals surface area contributed by atoms with Crippen molar-refractivity contribution in [3.8, 4) is 5.75 Å². The van der Waals surface area contributed by atoms with Gasteiger partial charge in [0.15, 0.2) is 6.10 Å². The number of aliphatic hydroxyl groups excluding tert-OH is 3. The van der Waals surface area contributed by atoms with Crippen molar-refractivity contribution >= 4 is 16.9 Å². The summed E-state index contributed by atoms with van der Waals surface area (Å²) in [7, 11) is 0. The number of carboxylic acids is 1. The third-order valence-electron chi connectivity index (χ3n) is 5.64. The molecule has 1 aromatic heterocycles. The first-order valence-corrected chi connectivity index (χ1v) is 10.6. The topological polar surface area (TPSA) is 173 Å². The zero-order valence-corrected chi connectivity index (χ0v) is 17.7. The molecule has 1 saturated heterocycles. The maximum absolute atomic E-state index is 11.5. The van der Waals surface area contributed by atoms with E-state index in [1.54, 1.807) is 13.0 Å². The monoisotopic (exact) mass is 451 g/mol. The van der Waals surface area contributed by atoms with Crippen molar-refractivity contribution in [2.45, 2.75) is 75.8 Å². The highest BCUT2D eigenvalue weighted by Crippen LogP contribution is 2.27. The molecule has 0 amide bonds. The molecule has 1 aliphatic heterocycles. The Balaban J connectivity index is 0.000000352. The minimum absolute atomic E-state index is 0.123. The lowest BCUT2D eigenvalue weighted by atomic mass is 9.97.